The Hall–Kier alpha value is -3.13. The van der Waals surface area contributed by atoms with Crippen LogP contribution in [0.4, 0.5) is 0 Å². The van der Waals surface area contributed by atoms with Gasteiger partial charge in [0, 0.05) is 36.8 Å². The van der Waals surface area contributed by atoms with Gasteiger partial charge in [-0.2, -0.15) is 0 Å². The first-order valence-corrected chi connectivity index (χ1v) is 12.1. The van der Waals surface area contributed by atoms with Crippen molar-refractivity contribution in [2.24, 2.45) is 0 Å². The molecule has 0 aliphatic carbocycles. The van der Waals surface area contributed by atoms with Crippen LogP contribution >= 0.6 is 11.6 Å². The van der Waals surface area contributed by atoms with Gasteiger partial charge in [-0.05, 0) is 48.4 Å². The highest BCUT2D eigenvalue weighted by molar-refractivity contribution is 6.46. The molecular weight excluding hydrogens is 468 g/mol. The van der Waals surface area contributed by atoms with Crippen LogP contribution in [0.15, 0.2) is 66.8 Å². The number of amides is 1. The van der Waals surface area contributed by atoms with Crippen molar-refractivity contribution in [3.05, 3.63) is 82.9 Å². The van der Waals surface area contributed by atoms with Crippen molar-refractivity contribution in [2.45, 2.75) is 12.5 Å². The molecule has 2 aliphatic heterocycles. The number of aliphatic hydroxyl groups excluding tert-OH is 1. The van der Waals surface area contributed by atoms with E-state index >= 15 is 0 Å². The maximum Gasteiger partial charge on any atom is 0.295 e. The molecule has 1 N–H and O–H groups in total. The van der Waals surface area contributed by atoms with E-state index in [1.54, 1.807) is 53.4 Å². The molecule has 2 aromatic carbocycles. The summed E-state index contributed by atoms with van der Waals surface area (Å²) in [6.45, 7) is 8.25. The number of Topliss-reactive ketones (excluding diaryl/α,β-unsaturated/α-hetero) is 1. The van der Waals surface area contributed by atoms with Gasteiger partial charge in [0.2, 0.25) is 0 Å². The summed E-state index contributed by atoms with van der Waals surface area (Å²) in [7, 11) is 0. The molecule has 2 fully saturated rings. The van der Waals surface area contributed by atoms with Crippen LogP contribution in [0.1, 0.15) is 23.6 Å². The lowest BCUT2D eigenvalue weighted by atomic mass is 9.95. The Kier molecular flexibility index (Phi) is 8.23. The number of rotatable bonds is 9. The van der Waals surface area contributed by atoms with Crippen LogP contribution in [0.3, 0.4) is 0 Å². The molecule has 2 aromatic rings. The van der Waals surface area contributed by atoms with Crippen LogP contribution in [0.25, 0.3) is 5.76 Å². The van der Waals surface area contributed by atoms with Crippen molar-refractivity contribution in [3.63, 3.8) is 0 Å². The van der Waals surface area contributed by atoms with Crippen molar-refractivity contribution < 1.29 is 24.2 Å². The second-order valence-corrected chi connectivity index (χ2v) is 8.92. The fraction of sp³-hybridized carbons (Fsp3) is 0.333. The summed E-state index contributed by atoms with van der Waals surface area (Å²) in [5, 5.41) is 11.7. The van der Waals surface area contributed by atoms with Gasteiger partial charge in [0.1, 0.15) is 18.1 Å². The lowest BCUT2D eigenvalue weighted by Crippen LogP contribution is -2.38. The van der Waals surface area contributed by atoms with Gasteiger partial charge in [0.05, 0.1) is 24.8 Å². The second kappa shape index (κ2) is 11.5. The zero-order valence-corrected chi connectivity index (χ0v) is 20.2. The molecule has 0 radical (unpaired) electrons. The zero-order valence-electron chi connectivity index (χ0n) is 19.5. The number of likely N-dealkylation sites (tertiary alicyclic amines) is 1. The number of carbonyl (C=O) groups is 2. The quantitative estimate of drug-likeness (QED) is 0.244. The van der Waals surface area contributed by atoms with E-state index in [1.165, 1.54) is 0 Å². The van der Waals surface area contributed by atoms with Gasteiger partial charge in [-0.1, -0.05) is 36.4 Å². The number of halogens is 1. The third kappa shape index (κ3) is 5.75. The fourth-order valence-electron chi connectivity index (χ4n) is 4.44. The van der Waals surface area contributed by atoms with Crippen molar-refractivity contribution in [1.82, 2.24) is 9.80 Å². The van der Waals surface area contributed by atoms with Crippen LogP contribution in [0.2, 0.25) is 5.02 Å². The minimum Gasteiger partial charge on any atom is -0.507 e. The summed E-state index contributed by atoms with van der Waals surface area (Å²) in [5.74, 6) is -0.939. The lowest BCUT2D eigenvalue weighted by molar-refractivity contribution is -0.140. The molecule has 35 heavy (non-hydrogen) atoms. The van der Waals surface area contributed by atoms with Crippen LogP contribution in [-0.2, 0) is 14.3 Å². The SMILES string of the molecule is C=CCOc1ccc(/C(O)=C2\C(=O)C(=O)N(CCCN3CCOCC3)[C@H]2c2cccc(Cl)c2)cc1. The summed E-state index contributed by atoms with van der Waals surface area (Å²) in [5.41, 5.74) is 1.16. The number of hydrogen-bond donors (Lipinski definition) is 1. The largest absolute Gasteiger partial charge is 0.507 e. The van der Waals surface area contributed by atoms with E-state index in [-0.39, 0.29) is 11.3 Å². The average molecular weight is 497 g/mol. The first kappa shape index (κ1) is 25.0. The molecule has 1 amide bonds. The van der Waals surface area contributed by atoms with Crippen molar-refractivity contribution in [3.8, 4) is 5.75 Å². The topological polar surface area (TPSA) is 79.3 Å². The highest BCUT2D eigenvalue weighted by Gasteiger charge is 2.45. The van der Waals surface area contributed by atoms with E-state index in [1.807, 2.05) is 6.07 Å². The van der Waals surface area contributed by atoms with Crippen molar-refractivity contribution >= 4 is 29.1 Å². The number of morpholine rings is 1. The van der Waals surface area contributed by atoms with Crippen molar-refractivity contribution in [2.75, 3.05) is 46.0 Å². The summed E-state index contributed by atoms with van der Waals surface area (Å²) in [6, 6.07) is 13.0. The van der Waals surface area contributed by atoms with Gasteiger partial charge in [-0.15, -0.1) is 0 Å². The van der Waals surface area contributed by atoms with Gasteiger partial charge in [-0.25, -0.2) is 0 Å². The number of benzene rings is 2. The van der Waals surface area contributed by atoms with Gasteiger partial charge in [0.15, 0.2) is 0 Å². The highest BCUT2D eigenvalue weighted by atomic mass is 35.5. The minimum absolute atomic E-state index is 0.0587. The number of nitrogens with zero attached hydrogens (tertiary/aromatic N) is 2. The van der Waals surface area contributed by atoms with E-state index in [9.17, 15) is 14.7 Å². The summed E-state index contributed by atoms with van der Waals surface area (Å²) >= 11 is 6.25. The third-order valence-corrected chi connectivity index (χ3v) is 6.41. The Balaban J connectivity index is 1.64. The second-order valence-electron chi connectivity index (χ2n) is 8.48. The summed E-state index contributed by atoms with van der Waals surface area (Å²) in [4.78, 5) is 30.1. The van der Waals surface area contributed by atoms with Crippen LogP contribution in [0.5, 0.6) is 5.75 Å². The number of aliphatic hydroxyl groups is 1. The first-order valence-electron chi connectivity index (χ1n) is 11.7. The number of hydrogen-bond acceptors (Lipinski definition) is 6. The highest BCUT2D eigenvalue weighted by Crippen LogP contribution is 2.40. The van der Waals surface area contributed by atoms with E-state index in [2.05, 4.69) is 11.5 Å². The Morgan fingerprint density at radius 2 is 1.89 bits per heavy atom. The number of ether oxygens (including phenoxy) is 2. The molecule has 0 bridgehead atoms. The van der Waals surface area contributed by atoms with Crippen LogP contribution < -0.4 is 4.74 Å². The molecule has 2 heterocycles. The predicted molar refractivity (Wildman–Crippen MR) is 134 cm³/mol. The number of carbonyl (C=O) groups excluding carboxylic acids is 2. The van der Waals surface area contributed by atoms with E-state index in [0.29, 0.717) is 54.7 Å². The average Bonchev–Trinajstić information content (AvgIpc) is 3.13. The normalized spacial score (nSPS) is 20.3. The molecular formula is C27H29ClN2O5. The number of ketones is 1. The maximum absolute atomic E-state index is 13.2. The van der Waals surface area contributed by atoms with Gasteiger partial charge < -0.3 is 19.5 Å². The first-order chi connectivity index (χ1) is 17.0. The molecule has 2 saturated heterocycles. The molecule has 1 atom stereocenters. The van der Waals surface area contributed by atoms with Gasteiger partial charge >= 0.3 is 0 Å². The van der Waals surface area contributed by atoms with Gasteiger partial charge in [-0.3, -0.25) is 14.5 Å². The Labute approximate surface area is 210 Å². The minimum atomic E-state index is -0.727. The predicted octanol–water partition coefficient (Wildman–Crippen LogP) is 4.05. The maximum atomic E-state index is 13.2. The van der Waals surface area contributed by atoms with Crippen LogP contribution in [0, 0.1) is 0 Å². The third-order valence-electron chi connectivity index (χ3n) is 6.18. The Morgan fingerprint density at radius 1 is 1.14 bits per heavy atom. The molecule has 4 rings (SSSR count). The smallest absolute Gasteiger partial charge is 0.295 e. The monoisotopic (exact) mass is 496 g/mol. The van der Waals surface area contributed by atoms with E-state index in [4.69, 9.17) is 21.1 Å². The molecule has 0 saturated carbocycles. The molecule has 0 unspecified atom stereocenters. The molecule has 0 aromatic heterocycles. The van der Waals surface area contributed by atoms with E-state index < -0.39 is 17.7 Å². The molecule has 184 valence electrons. The lowest BCUT2D eigenvalue weighted by Gasteiger charge is -2.29. The molecule has 0 spiro atoms. The van der Waals surface area contributed by atoms with Gasteiger partial charge in [0.25, 0.3) is 11.7 Å². The Bertz CT molecular complexity index is 1110. The van der Waals surface area contributed by atoms with Crippen LogP contribution in [-0.4, -0.2) is 72.6 Å². The van der Waals surface area contributed by atoms with Crippen molar-refractivity contribution in [1.29, 1.82) is 0 Å². The summed E-state index contributed by atoms with van der Waals surface area (Å²) < 4.78 is 10.9. The Morgan fingerprint density at radius 3 is 2.57 bits per heavy atom. The molecule has 8 heteroatoms. The van der Waals surface area contributed by atoms with E-state index in [0.717, 1.165) is 19.6 Å². The summed E-state index contributed by atoms with van der Waals surface area (Å²) in [6.07, 6.45) is 2.33. The zero-order chi connectivity index (χ0) is 24.8. The standard InChI is InChI=1S/C27H29ClN2O5/c1-2-15-35-22-9-7-19(8-10-22)25(31)23-24(20-5-3-6-21(28)18-20)30(27(33)26(23)32)12-4-11-29-13-16-34-17-14-29/h2-3,5-10,18,24,31H,1,4,11-17H2/b25-23+/t24-/m0/s1. The molecule has 7 nitrogen and oxygen atoms in total. The molecule has 2 aliphatic rings. The fourth-order valence-corrected chi connectivity index (χ4v) is 4.64.